The number of hydrogen-bond acceptors (Lipinski definition) is 3. The van der Waals surface area contributed by atoms with Gasteiger partial charge in [-0.3, -0.25) is 4.79 Å². The minimum atomic E-state index is -2.41. The van der Waals surface area contributed by atoms with Crippen LogP contribution in [0.25, 0.3) is 0 Å². The van der Waals surface area contributed by atoms with E-state index < -0.39 is 24.5 Å². The standard InChI is InChI=1S/C15H15F2NO3/c1-20-8-4-2-7(3-5-8)15-18-9(6-21-15)10-11(13(16)17)12(10)14(18)19/h2-5,9-13,15H,6H2,1H3. The Morgan fingerprint density at radius 3 is 2.67 bits per heavy atom. The molecule has 4 rings (SSSR count). The second-order valence-electron chi connectivity index (χ2n) is 5.79. The van der Waals surface area contributed by atoms with E-state index >= 15 is 0 Å². The van der Waals surface area contributed by atoms with Gasteiger partial charge >= 0.3 is 0 Å². The molecule has 1 aromatic carbocycles. The first kappa shape index (κ1) is 13.0. The van der Waals surface area contributed by atoms with Crippen LogP contribution in [0, 0.1) is 17.8 Å². The molecule has 1 amide bonds. The lowest BCUT2D eigenvalue weighted by molar-refractivity contribution is -0.138. The molecule has 2 heterocycles. The van der Waals surface area contributed by atoms with Gasteiger partial charge in [-0.15, -0.1) is 0 Å². The van der Waals surface area contributed by atoms with Crippen molar-refractivity contribution in [1.29, 1.82) is 0 Å². The molecule has 0 radical (unpaired) electrons. The molecular weight excluding hydrogens is 280 g/mol. The summed E-state index contributed by atoms with van der Waals surface area (Å²) in [6.07, 6.45) is -2.87. The lowest BCUT2D eigenvalue weighted by atomic mass is 10.1. The van der Waals surface area contributed by atoms with Crippen LogP contribution < -0.4 is 4.74 Å². The molecule has 0 bridgehead atoms. The fourth-order valence-electron chi connectivity index (χ4n) is 3.81. The Bertz CT molecular complexity index is 577. The molecule has 2 saturated heterocycles. The number of amides is 1. The van der Waals surface area contributed by atoms with Crippen LogP contribution in [-0.2, 0) is 9.53 Å². The predicted octanol–water partition coefficient (Wildman–Crippen LogP) is 2.06. The lowest BCUT2D eigenvalue weighted by Crippen LogP contribution is -2.37. The van der Waals surface area contributed by atoms with E-state index in [1.54, 1.807) is 24.1 Å². The van der Waals surface area contributed by atoms with Crippen LogP contribution in [0.2, 0.25) is 0 Å². The fraction of sp³-hybridized carbons (Fsp3) is 0.533. The average Bonchev–Trinajstić information content (AvgIpc) is 2.98. The zero-order valence-corrected chi connectivity index (χ0v) is 11.4. The molecular formula is C15H15F2NO3. The van der Waals surface area contributed by atoms with Gasteiger partial charge < -0.3 is 14.4 Å². The molecule has 1 aliphatic carbocycles. The van der Waals surface area contributed by atoms with E-state index in [2.05, 4.69) is 0 Å². The number of alkyl halides is 2. The number of piperidine rings is 1. The van der Waals surface area contributed by atoms with Crippen LogP contribution in [0.5, 0.6) is 5.75 Å². The van der Waals surface area contributed by atoms with E-state index in [0.717, 1.165) is 11.3 Å². The molecule has 4 nitrogen and oxygen atoms in total. The molecule has 5 unspecified atom stereocenters. The Kier molecular flexibility index (Phi) is 2.73. The summed E-state index contributed by atoms with van der Waals surface area (Å²) in [4.78, 5) is 14.0. The number of rotatable bonds is 3. The molecule has 112 valence electrons. The van der Waals surface area contributed by atoms with Crippen molar-refractivity contribution in [3.8, 4) is 5.75 Å². The van der Waals surface area contributed by atoms with Crippen LogP contribution in [0.15, 0.2) is 24.3 Å². The van der Waals surface area contributed by atoms with Crippen molar-refractivity contribution in [3.05, 3.63) is 29.8 Å². The number of carbonyl (C=O) groups excluding carboxylic acids is 1. The molecule has 0 spiro atoms. The van der Waals surface area contributed by atoms with Crippen LogP contribution in [0.4, 0.5) is 8.78 Å². The van der Waals surface area contributed by atoms with Crippen molar-refractivity contribution in [2.45, 2.75) is 18.7 Å². The number of ether oxygens (including phenoxy) is 2. The van der Waals surface area contributed by atoms with Gasteiger partial charge in [-0.25, -0.2) is 8.78 Å². The Morgan fingerprint density at radius 2 is 2.05 bits per heavy atom. The largest absolute Gasteiger partial charge is 0.497 e. The second kappa shape index (κ2) is 4.40. The minimum absolute atomic E-state index is 0.186. The van der Waals surface area contributed by atoms with E-state index in [1.807, 2.05) is 12.1 Å². The average molecular weight is 295 g/mol. The van der Waals surface area contributed by atoms with Gasteiger partial charge in [0, 0.05) is 17.4 Å². The highest BCUT2D eigenvalue weighted by atomic mass is 19.3. The Balaban J connectivity index is 1.57. The summed E-state index contributed by atoms with van der Waals surface area (Å²) < 4.78 is 36.5. The van der Waals surface area contributed by atoms with E-state index in [9.17, 15) is 13.6 Å². The molecule has 3 fully saturated rings. The van der Waals surface area contributed by atoms with Crippen LogP contribution in [0.1, 0.15) is 11.8 Å². The van der Waals surface area contributed by atoms with E-state index in [0.29, 0.717) is 6.61 Å². The minimum Gasteiger partial charge on any atom is -0.497 e. The number of carbonyl (C=O) groups is 1. The van der Waals surface area contributed by atoms with Gasteiger partial charge in [0.15, 0.2) is 6.23 Å². The number of methoxy groups -OCH3 is 1. The Labute approximate surface area is 120 Å². The maximum atomic E-state index is 12.8. The van der Waals surface area contributed by atoms with E-state index in [-0.39, 0.29) is 17.9 Å². The summed E-state index contributed by atoms with van der Waals surface area (Å²) in [6, 6.07) is 7.08. The summed E-state index contributed by atoms with van der Waals surface area (Å²) in [5.74, 6) is -0.965. The number of halogens is 2. The van der Waals surface area contributed by atoms with Crippen LogP contribution in [-0.4, -0.2) is 37.0 Å². The summed E-state index contributed by atoms with van der Waals surface area (Å²) in [5, 5.41) is 0. The van der Waals surface area contributed by atoms with Gasteiger partial charge in [0.2, 0.25) is 12.3 Å². The summed E-state index contributed by atoms with van der Waals surface area (Å²) in [5.41, 5.74) is 0.849. The Morgan fingerprint density at radius 1 is 1.33 bits per heavy atom. The fourth-order valence-corrected chi connectivity index (χ4v) is 3.81. The third kappa shape index (κ3) is 1.71. The molecule has 2 aliphatic heterocycles. The number of fused-ring (bicyclic) bond motifs is 3. The lowest BCUT2D eigenvalue weighted by Gasteiger charge is -2.26. The predicted molar refractivity (Wildman–Crippen MR) is 68.8 cm³/mol. The molecule has 5 atom stereocenters. The first-order chi connectivity index (χ1) is 10.1. The molecule has 6 heteroatoms. The maximum absolute atomic E-state index is 12.8. The van der Waals surface area contributed by atoms with Gasteiger partial charge in [-0.05, 0) is 12.1 Å². The monoisotopic (exact) mass is 295 g/mol. The molecule has 1 saturated carbocycles. The maximum Gasteiger partial charge on any atom is 0.242 e. The normalized spacial score (nSPS) is 36.9. The highest BCUT2D eigenvalue weighted by Gasteiger charge is 2.72. The van der Waals surface area contributed by atoms with Crippen molar-refractivity contribution in [1.82, 2.24) is 4.90 Å². The highest BCUT2D eigenvalue weighted by Crippen LogP contribution is 2.62. The molecule has 0 N–H and O–H groups in total. The first-order valence-corrected chi connectivity index (χ1v) is 6.99. The van der Waals surface area contributed by atoms with Gasteiger partial charge in [0.25, 0.3) is 0 Å². The SMILES string of the molecule is COc1ccc(C2OCC3C4C(C(=O)N23)C4C(F)F)cc1. The number of hydrogen-bond donors (Lipinski definition) is 0. The zero-order chi connectivity index (χ0) is 14.7. The zero-order valence-electron chi connectivity index (χ0n) is 11.4. The van der Waals surface area contributed by atoms with Crippen molar-refractivity contribution >= 4 is 5.91 Å². The van der Waals surface area contributed by atoms with Gasteiger partial charge in [0.1, 0.15) is 5.75 Å². The quantitative estimate of drug-likeness (QED) is 0.857. The highest BCUT2D eigenvalue weighted by molar-refractivity contribution is 5.87. The smallest absolute Gasteiger partial charge is 0.242 e. The topological polar surface area (TPSA) is 38.8 Å². The third-order valence-corrected chi connectivity index (χ3v) is 4.84. The van der Waals surface area contributed by atoms with Crippen LogP contribution >= 0.6 is 0 Å². The third-order valence-electron chi connectivity index (χ3n) is 4.84. The Hall–Kier alpha value is -1.69. The van der Waals surface area contributed by atoms with E-state index in [4.69, 9.17) is 9.47 Å². The second-order valence-corrected chi connectivity index (χ2v) is 5.79. The van der Waals surface area contributed by atoms with E-state index in [1.165, 1.54) is 0 Å². The molecule has 3 aliphatic rings. The first-order valence-electron chi connectivity index (χ1n) is 6.99. The molecule has 1 aromatic rings. The summed E-state index contributed by atoms with van der Waals surface area (Å²) in [6.45, 7) is 0.340. The van der Waals surface area contributed by atoms with Crippen LogP contribution in [0.3, 0.4) is 0 Å². The van der Waals surface area contributed by atoms with Crippen molar-refractivity contribution in [2.75, 3.05) is 13.7 Å². The van der Waals surface area contributed by atoms with Gasteiger partial charge in [0.05, 0.1) is 25.7 Å². The number of benzene rings is 1. The number of nitrogens with zero attached hydrogens (tertiary/aromatic N) is 1. The summed E-state index contributed by atoms with van der Waals surface area (Å²) in [7, 11) is 1.58. The molecule has 21 heavy (non-hydrogen) atoms. The van der Waals surface area contributed by atoms with Crippen molar-refractivity contribution in [3.63, 3.8) is 0 Å². The summed E-state index contributed by atoms with van der Waals surface area (Å²) >= 11 is 0. The van der Waals surface area contributed by atoms with Gasteiger partial charge in [-0.1, -0.05) is 12.1 Å². The van der Waals surface area contributed by atoms with Crippen molar-refractivity contribution in [2.24, 2.45) is 17.8 Å². The van der Waals surface area contributed by atoms with Crippen molar-refractivity contribution < 1.29 is 23.0 Å². The molecule has 0 aromatic heterocycles. The van der Waals surface area contributed by atoms with Gasteiger partial charge in [-0.2, -0.15) is 0 Å².